The van der Waals surface area contributed by atoms with Crippen LogP contribution in [-0.4, -0.2) is 63.6 Å². The summed E-state index contributed by atoms with van der Waals surface area (Å²) in [6.45, 7) is 7.48. The lowest BCUT2D eigenvalue weighted by Crippen LogP contribution is -3.10. The second kappa shape index (κ2) is 9.27. The van der Waals surface area contributed by atoms with E-state index in [1.165, 1.54) is 4.90 Å². The Morgan fingerprint density at radius 2 is 1.91 bits per heavy atom. The van der Waals surface area contributed by atoms with Gasteiger partial charge < -0.3 is 19.7 Å². The molecule has 1 atom stereocenters. The first-order chi connectivity index (χ1) is 15.7. The van der Waals surface area contributed by atoms with Crippen LogP contribution in [0.5, 0.6) is 0 Å². The van der Waals surface area contributed by atoms with Crippen molar-refractivity contribution in [2.45, 2.75) is 39.3 Å². The molecule has 174 valence electrons. The van der Waals surface area contributed by atoms with E-state index in [9.17, 15) is 9.18 Å². The van der Waals surface area contributed by atoms with E-state index in [0.717, 1.165) is 37.2 Å². The average molecular weight is 453 g/mol. The zero-order valence-corrected chi connectivity index (χ0v) is 19.8. The third kappa shape index (κ3) is 4.73. The van der Waals surface area contributed by atoms with Crippen LogP contribution >= 0.6 is 0 Å². The number of imidazole rings is 1. The summed E-state index contributed by atoms with van der Waals surface area (Å²) in [5.41, 5.74) is 2.16. The van der Waals surface area contributed by atoms with Gasteiger partial charge in [-0.1, -0.05) is 0 Å². The van der Waals surface area contributed by atoms with Gasteiger partial charge in [-0.25, -0.2) is 19.3 Å². The van der Waals surface area contributed by atoms with Gasteiger partial charge in [0.2, 0.25) is 5.95 Å². The molecule has 8 nitrogen and oxygen atoms in total. The summed E-state index contributed by atoms with van der Waals surface area (Å²) in [4.78, 5) is 28.9. The number of rotatable bonds is 6. The number of halogens is 1. The van der Waals surface area contributed by atoms with Crippen LogP contribution in [0.1, 0.15) is 42.5 Å². The molecule has 4 rings (SSSR count). The highest BCUT2D eigenvalue weighted by atomic mass is 19.1. The van der Waals surface area contributed by atoms with Crippen molar-refractivity contribution in [2.24, 2.45) is 0 Å². The predicted octanol–water partition coefficient (Wildman–Crippen LogP) is 2.47. The first-order valence-electron chi connectivity index (χ1n) is 11.3. The van der Waals surface area contributed by atoms with E-state index < -0.39 is 5.82 Å². The second-order valence-electron chi connectivity index (χ2n) is 9.06. The highest BCUT2D eigenvalue weighted by Crippen LogP contribution is 2.26. The number of nitrogens with zero attached hydrogens (tertiary/aromatic N) is 5. The number of nitrogens with one attached hydrogen (secondary N) is 2. The standard InChI is InChI=1S/C24H30FN7O/c1-15(2)32-16(3)26-13-21(32)22-20(25)12-27-24(29-22)28-18-8-6-17(7-9-18)23(33)31-11-10-19(14-31)30(4)5/h6-9,12-13,15,19H,10-11,14H2,1-5H3,(H,27,28,29)/p+1/t19-/m0/s1. The van der Waals surface area contributed by atoms with Crippen molar-refractivity contribution in [1.82, 2.24) is 24.4 Å². The number of benzene rings is 1. The van der Waals surface area contributed by atoms with E-state index >= 15 is 0 Å². The molecule has 0 saturated carbocycles. The van der Waals surface area contributed by atoms with Crippen LogP contribution in [0.25, 0.3) is 11.4 Å². The average Bonchev–Trinajstić information content (AvgIpc) is 3.42. The molecule has 1 saturated heterocycles. The third-order valence-electron chi connectivity index (χ3n) is 6.16. The van der Waals surface area contributed by atoms with Crippen molar-refractivity contribution >= 4 is 17.5 Å². The number of hydrogen-bond donors (Lipinski definition) is 2. The molecule has 2 N–H and O–H groups in total. The molecule has 3 aromatic rings. The second-order valence-corrected chi connectivity index (χ2v) is 9.06. The number of carbonyl (C=O) groups is 1. The molecule has 0 radical (unpaired) electrons. The molecule has 0 spiro atoms. The minimum Gasteiger partial charge on any atom is -0.336 e. The SMILES string of the molecule is Cc1ncc(-c2nc(Nc3ccc(C(=O)N4CC[C@H]([NH+](C)C)C4)cc3)ncc2F)n1C(C)C. The van der Waals surface area contributed by atoms with E-state index in [1.54, 1.807) is 18.3 Å². The van der Waals surface area contributed by atoms with Crippen LogP contribution in [0.2, 0.25) is 0 Å². The van der Waals surface area contributed by atoms with Crippen molar-refractivity contribution in [3.8, 4) is 11.4 Å². The number of aryl methyl sites for hydroxylation is 1. The normalized spacial score (nSPS) is 16.1. The zero-order valence-electron chi connectivity index (χ0n) is 19.8. The Balaban J connectivity index is 1.50. The third-order valence-corrected chi connectivity index (χ3v) is 6.16. The summed E-state index contributed by atoms with van der Waals surface area (Å²) in [6.07, 6.45) is 3.81. The Hall–Kier alpha value is -3.33. The number of quaternary nitrogens is 1. The van der Waals surface area contributed by atoms with Gasteiger partial charge in [-0.05, 0) is 45.0 Å². The lowest BCUT2D eigenvalue weighted by atomic mass is 10.2. The first-order valence-corrected chi connectivity index (χ1v) is 11.3. The Morgan fingerprint density at radius 1 is 1.18 bits per heavy atom. The lowest BCUT2D eigenvalue weighted by Gasteiger charge is -2.18. The van der Waals surface area contributed by atoms with Crippen LogP contribution in [0, 0.1) is 12.7 Å². The minimum absolute atomic E-state index is 0.0444. The van der Waals surface area contributed by atoms with E-state index in [-0.39, 0.29) is 23.6 Å². The van der Waals surface area contributed by atoms with Crippen LogP contribution in [0.3, 0.4) is 0 Å². The van der Waals surface area contributed by atoms with Crippen molar-refractivity contribution < 1.29 is 14.1 Å². The molecule has 2 aromatic heterocycles. The fraction of sp³-hybridized carbons (Fsp3) is 0.417. The van der Waals surface area contributed by atoms with Gasteiger partial charge in [-0.2, -0.15) is 0 Å². The fourth-order valence-electron chi connectivity index (χ4n) is 4.31. The summed E-state index contributed by atoms with van der Waals surface area (Å²) < 4.78 is 16.5. The van der Waals surface area contributed by atoms with E-state index in [0.29, 0.717) is 17.3 Å². The molecule has 0 bridgehead atoms. The molecule has 0 unspecified atom stereocenters. The van der Waals surface area contributed by atoms with Gasteiger partial charge in [0.25, 0.3) is 5.91 Å². The number of amides is 1. The maximum atomic E-state index is 14.6. The highest BCUT2D eigenvalue weighted by Gasteiger charge is 2.30. The Labute approximate surface area is 193 Å². The Bertz CT molecular complexity index is 1140. The Morgan fingerprint density at radius 3 is 2.55 bits per heavy atom. The molecule has 1 aliphatic rings. The lowest BCUT2D eigenvalue weighted by molar-refractivity contribution is -0.883. The molecule has 1 fully saturated rings. The first kappa shape index (κ1) is 22.8. The highest BCUT2D eigenvalue weighted by molar-refractivity contribution is 5.94. The van der Waals surface area contributed by atoms with Gasteiger partial charge >= 0.3 is 0 Å². The molecule has 1 aliphatic heterocycles. The number of aromatic nitrogens is 4. The van der Waals surface area contributed by atoms with Crippen molar-refractivity contribution in [3.63, 3.8) is 0 Å². The van der Waals surface area contributed by atoms with Gasteiger partial charge in [-0.3, -0.25) is 4.79 Å². The van der Waals surface area contributed by atoms with Crippen LogP contribution < -0.4 is 10.2 Å². The van der Waals surface area contributed by atoms with Gasteiger partial charge in [0.15, 0.2) is 5.82 Å². The maximum Gasteiger partial charge on any atom is 0.254 e. The monoisotopic (exact) mass is 452 g/mol. The van der Waals surface area contributed by atoms with Crippen molar-refractivity contribution in [3.05, 3.63) is 53.9 Å². The van der Waals surface area contributed by atoms with Crippen molar-refractivity contribution in [1.29, 1.82) is 0 Å². The smallest absolute Gasteiger partial charge is 0.254 e. The molecule has 9 heteroatoms. The van der Waals surface area contributed by atoms with Crippen molar-refractivity contribution in [2.75, 3.05) is 32.5 Å². The summed E-state index contributed by atoms with van der Waals surface area (Å²) >= 11 is 0. The molecular weight excluding hydrogens is 421 g/mol. The number of likely N-dealkylation sites (N-methyl/N-ethyl adjacent to an activating group) is 1. The summed E-state index contributed by atoms with van der Waals surface area (Å²) in [5, 5.41) is 3.11. The van der Waals surface area contributed by atoms with Crippen LogP contribution in [0.15, 0.2) is 36.7 Å². The summed E-state index contributed by atoms with van der Waals surface area (Å²) in [6, 6.07) is 7.81. The molecule has 1 amide bonds. The van der Waals surface area contributed by atoms with Gasteiger partial charge in [-0.15, -0.1) is 0 Å². The van der Waals surface area contributed by atoms with Gasteiger partial charge in [0.05, 0.1) is 38.7 Å². The molecule has 3 heterocycles. The zero-order chi connectivity index (χ0) is 23.7. The number of anilines is 2. The number of likely N-dealkylation sites (tertiary alicyclic amines) is 1. The summed E-state index contributed by atoms with van der Waals surface area (Å²) in [7, 11) is 4.25. The summed E-state index contributed by atoms with van der Waals surface area (Å²) in [5.74, 6) is 0.606. The topological polar surface area (TPSA) is 80.4 Å². The quantitative estimate of drug-likeness (QED) is 0.601. The minimum atomic E-state index is -0.508. The van der Waals surface area contributed by atoms with Gasteiger partial charge in [0, 0.05) is 30.3 Å². The van der Waals surface area contributed by atoms with Gasteiger partial charge in [0.1, 0.15) is 17.6 Å². The number of carbonyl (C=O) groups excluding carboxylic acids is 1. The van der Waals surface area contributed by atoms with E-state index in [2.05, 4.69) is 34.4 Å². The Kier molecular flexibility index (Phi) is 6.42. The maximum absolute atomic E-state index is 14.6. The molecule has 0 aliphatic carbocycles. The van der Waals surface area contributed by atoms with Crippen LogP contribution in [-0.2, 0) is 0 Å². The number of hydrogen-bond acceptors (Lipinski definition) is 5. The fourth-order valence-corrected chi connectivity index (χ4v) is 4.31. The largest absolute Gasteiger partial charge is 0.336 e. The molecular formula is C24H31FN7O+. The molecule has 33 heavy (non-hydrogen) atoms. The predicted molar refractivity (Wildman–Crippen MR) is 125 cm³/mol. The van der Waals surface area contributed by atoms with Crippen LogP contribution in [0.4, 0.5) is 16.0 Å². The molecule has 1 aromatic carbocycles. The van der Waals surface area contributed by atoms with E-state index in [1.807, 2.05) is 42.4 Å². The van der Waals surface area contributed by atoms with E-state index in [4.69, 9.17) is 0 Å².